The molecule has 1 amide bonds. The standard InChI is InChI=1S/C9H13N3O2/c1-7(14)9(11-6-13)3-8-4-12(2)5-10-8/h4-6,9H,3H2,1-2H3,(H,11,13)/t9-/m0/s1. The minimum Gasteiger partial charge on any atom is -0.348 e. The Labute approximate surface area is 82.1 Å². The summed E-state index contributed by atoms with van der Waals surface area (Å²) in [6.45, 7) is 1.45. The Morgan fingerprint density at radius 2 is 2.50 bits per heavy atom. The van der Waals surface area contributed by atoms with E-state index in [1.807, 2.05) is 13.2 Å². The molecule has 0 saturated heterocycles. The van der Waals surface area contributed by atoms with E-state index in [9.17, 15) is 9.59 Å². The van der Waals surface area contributed by atoms with Crippen molar-refractivity contribution < 1.29 is 9.59 Å². The molecule has 1 N–H and O–H groups in total. The molecule has 0 radical (unpaired) electrons. The Morgan fingerprint density at radius 3 is 2.93 bits per heavy atom. The van der Waals surface area contributed by atoms with Crippen molar-refractivity contribution in [3.05, 3.63) is 18.2 Å². The van der Waals surface area contributed by atoms with E-state index in [0.717, 1.165) is 5.69 Å². The van der Waals surface area contributed by atoms with E-state index in [1.165, 1.54) is 6.92 Å². The lowest BCUT2D eigenvalue weighted by Crippen LogP contribution is -2.36. The fourth-order valence-electron chi connectivity index (χ4n) is 1.18. The van der Waals surface area contributed by atoms with Crippen LogP contribution in [0.25, 0.3) is 0 Å². The number of amides is 1. The van der Waals surface area contributed by atoms with Crippen LogP contribution in [0.5, 0.6) is 0 Å². The SMILES string of the molecule is CC(=O)[C@H](Cc1cn(C)cn1)NC=O. The van der Waals surface area contributed by atoms with Gasteiger partial charge in [0.25, 0.3) is 0 Å². The van der Waals surface area contributed by atoms with Gasteiger partial charge in [-0.05, 0) is 6.92 Å². The van der Waals surface area contributed by atoms with Gasteiger partial charge >= 0.3 is 0 Å². The third-order valence-electron chi connectivity index (χ3n) is 1.93. The molecular formula is C9H13N3O2. The lowest BCUT2D eigenvalue weighted by Gasteiger charge is -2.09. The van der Waals surface area contributed by atoms with Crippen molar-refractivity contribution in [3.63, 3.8) is 0 Å². The summed E-state index contributed by atoms with van der Waals surface area (Å²) >= 11 is 0. The quantitative estimate of drug-likeness (QED) is 0.654. The summed E-state index contributed by atoms with van der Waals surface area (Å²) in [6, 6.07) is -0.470. The Bertz CT molecular complexity index is 333. The molecule has 0 aromatic carbocycles. The predicted octanol–water partition coefficient (Wildman–Crippen LogP) is -0.334. The highest BCUT2D eigenvalue weighted by Gasteiger charge is 2.14. The lowest BCUT2D eigenvalue weighted by atomic mass is 10.1. The van der Waals surface area contributed by atoms with Crippen LogP contribution in [0.1, 0.15) is 12.6 Å². The molecule has 1 aromatic heterocycles. The number of hydrogen-bond donors (Lipinski definition) is 1. The van der Waals surface area contributed by atoms with E-state index >= 15 is 0 Å². The molecule has 0 spiro atoms. The molecule has 1 rings (SSSR count). The second-order valence-corrected chi connectivity index (χ2v) is 3.18. The van der Waals surface area contributed by atoms with Crippen molar-refractivity contribution in [3.8, 4) is 0 Å². The molecule has 0 aliphatic carbocycles. The van der Waals surface area contributed by atoms with Gasteiger partial charge in [-0.2, -0.15) is 0 Å². The normalized spacial score (nSPS) is 12.1. The van der Waals surface area contributed by atoms with Gasteiger partial charge in [0.1, 0.15) is 0 Å². The molecule has 5 heteroatoms. The van der Waals surface area contributed by atoms with Gasteiger partial charge in [0.05, 0.1) is 18.1 Å². The minimum absolute atomic E-state index is 0.0669. The molecule has 0 aliphatic rings. The minimum atomic E-state index is -0.470. The van der Waals surface area contributed by atoms with Gasteiger partial charge in [-0.1, -0.05) is 0 Å². The topological polar surface area (TPSA) is 64.0 Å². The third-order valence-corrected chi connectivity index (χ3v) is 1.93. The maximum atomic E-state index is 11.1. The molecule has 1 atom stereocenters. The highest BCUT2D eigenvalue weighted by atomic mass is 16.1. The number of nitrogens with one attached hydrogen (secondary N) is 1. The summed E-state index contributed by atoms with van der Waals surface area (Å²) in [5.41, 5.74) is 0.794. The molecule has 1 aromatic rings. The summed E-state index contributed by atoms with van der Waals surface area (Å²) in [4.78, 5) is 25.4. The first-order chi connectivity index (χ1) is 6.63. The highest BCUT2D eigenvalue weighted by Crippen LogP contribution is 2.00. The molecule has 0 aliphatic heterocycles. The zero-order chi connectivity index (χ0) is 10.6. The lowest BCUT2D eigenvalue weighted by molar-refractivity contribution is -0.121. The number of ketones is 1. The average Bonchev–Trinajstić information content (AvgIpc) is 2.50. The van der Waals surface area contributed by atoms with Crippen LogP contribution in [0.4, 0.5) is 0 Å². The van der Waals surface area contributed by atoms with Gasteiger partial charge in [0.2, 0.25) is 6.41 Å². The van der Waals surface area contributed by atoms with Gasteiger partial charge in [-0.25, -0.2) is 4.98 Å². The number of imidazole rings is 1. The van der Waals surface area contributed by atoms with E-state index in [4.69, 9.17) is 0 Å². The number of aromatic nitrogens is 2. The average molecular weight is 195 g/mol. The van der Waals surface area contributed by atoms with E-state index in [2.05, 4.69) is 10.3 Å². The molecule has 0 bridgehead atoms. The highest BCUT2D eigenvalue weighted by molar-refractivity contribution is 5.83. The number of hydrogen-bond acceptors (Lipinski definition) is 3. The molecule has 0 fully saturated rings. The second-order valence-electron chi connectivity index (χ2n) is 3.18. The van der Waals surface area contributed by atoms with Crippen molar-refractivity contribution in [2.24, 2.45) is 7.05 Å². The molecule has 0 unspecified atom stereocenters. The molecule has 0 saturated carbocycles. The van der Waals surface area contributed by atoms with Gasteiger partial charge in [0, 0.05) is 19.7 Å². The van der Waals surface area contributed by atoms with Gasteiger partial charge < -0.3 is 9.88 Å². The van der Waals surface area contributed by atoms with E-state index in [1.54, 1.807) is 10.9 Å². The van der Waals surface area contributed by atoms with E-state index in [-0.39, 0.29) is 5.78 Å². The summed E-state index contributed by atoms with van der Waals surface area (Å²) in [5, 5.41) is 2.46. The van der Waals surface area contributed by atoms with Crippen molar-refractivity contribution >= 4 is 12.2 Å². The number of nitrogens with zero attached hydrogens (tertiary/aromatic N) is 2. The fourth-order valence-corrected chi connectivity index (χ4v) is 1.18. The zero-order valence-electron chi connectivity index (χ0n) is 8.23. The zero-order valence-corrected chi connectivity index (χ0v) is 8.23. The smallest absolute Gasteiger partial charge is 0.207 e. The Hall–Kier alpha value is -1.65. The van der Waals surface area contributed by atoms with E-state index < -0.39 is 6.04 Å². The van der Waals surface area contributed by atoms with Crippen LogP contribution in [0, 0.1) is 0 Å². The number of aryl methyl sites for hydroxylation is 1. The van der Waals surface area contributed by atoms with Crippen molar-refractivity contribution in [2.45, 2.75) is 19.4 Å². The van der Waals surface area contributed by atoms with Gasteiger partial charge in [-0.15, -0.1) is 0 Å². The molecular weight excluding hydrogens is 182 g/mol. The maximum Gasteiger partial charge on any atom is 0.207 e. The summed E-state index contributed by atoms with van der Waals surface area (Å²) in [5.74, 6) is -0.0669. The van der Waals surface area contributed by atoms with Crippen LogP contribution < -0.4 is 5.32 Å². The van der Waals surface area contributed by atoms with Crippen LogP contribution >= 0.6 is 0 Å². The maximum absolute atomic E-state index is 11.1. The number of Topliss-reactive ketones (excluding diaryl/α,β-unsaturated/α-hetero) is 1. The summed E-state index contributed by atoms with van der Waals surface area (Å²) in [6.07, 6.45) is 4.46. The van der Waals surface area contributed by atoms with Crippen LogP contribution in [-0.2, 0) is 23.1 Å². The van der Waals surface area contributed by atoms with Crippen molar-refractivity contribution in [1.82, 2.24) is 14.9 Å². The van der Waals surface area contributed by atoms with Gasteiger partial charge in [-0.3, -0.25) is 9.59 Å². The number of rotatable bonds is 5. The van der Waals surface area contributed by atoms with Crippen LogP contribution in [0.2, 0.25) is 0 Å². The van der Waals surface area contributed by atoms with Gasteiger partial charge in [0.15, 0.2) is 5.78 Å². The van der Waals surface area contributed by atoms with Crippen LogP contribution in [-0.4, -0.2) is 27.8 Å². The van der Waals surface area contributed by atoms with Crippen LogP contribution in [0.3, 0.4) is 0 Å². The summed E-state index contributed by atoms with van der Waals surface area (Å²) < 4.78 is 1.80. The largest absolute Gasteiger partial charge is 0.348 e. The Morgan fingerprint density at radius 1 is 1.79 bits per heavy atom. The fraction of sp³-hybridized carbons (Fsp3) is 0.444. The first kappa shape index (κ1) is 10.4. The summed E-state index contributed by atoms with van der Waals surface area (Å²) in [7, 11) is 1.85. The van der Waals surface area contributed by atoms with Crippen LogP contribution in [0.15, 0.2) is 12.5 Å². The second kappa shape index (κ2) is 4.55. The molecule has 1 heterocycles. The Balaban J connectivity index is 2.64. The van der Waals surface area contributed by atoms with Crippen molar-refractivity contribution in [1.29, 1.82) is 0 Å². The Kier molecular flexibility index (Phi) is 3.39. The molecule has 5 nitrogen and oxygen atoms in total. The number of carbonyl (C=O) groups is 2. The molecule has 76 valence electrons. The first-order valence-corrected chi connectivity index (χ1v) is 4.30. The third kappa shape index (κ3) is 2.69. The first-order valence-electron chi connectivity index (χ1n) is 4.30. The molecule has 14 heavy (non-hydrogen) atoms. The number of carbonyl (C=O) groups excluding carboxylic acids is 2. The van der Waals surface area contributed by atoms with Crippen molar-refractivity contribution in [2.75, 3.05) is 0 Å². The van der Waals surface area contributed by atoms with E-state index in [0.29, 0.717) is 12.8 Å². The monoisotopic (exact) mass is 195 g/mol. The predicted molar refractivity (Wildman–Crippen MR) is 50.6 cm³/mol.